The lowest BCUT2D eigenvalue weighted by Crippen LogP contribution is -2.30. The van der Waals surface area contributed by atoms with E-state index >= 15 is 0 Å². The molecule has 0 aromatic carbocycles. The highest BCUT2D eigenvalue weighted by Crippen LogP contribution is 2.26. The summed E-state index contributed by atoms with van der Waals surface area (Å²) in [6, 6.07) is -0.399. The van der Waals surface area contributed by atoms with Gasteiger partial charge in [-0.15, -0.1) is 0 Å². The number of carbonyl (C=O) groups is 1. The van der Waals surface area contributed by atoms with Crippen LogP contribution in [0.5, 0.6) is 0 Å². The summed E-state index contributed by atoms with van der Waals surface area (Å²) >= 11 is 0. The third kappa shape index (κ3) is 4.76. The second kappa shape index (κ2) is 5.84. The summed E-state index contributed by atoms with van der Waals surface area (Å²) in [6.07, 6.45) is 9.30. The van der Waals surface area contributed by atoms with Crippen LogP contribution in [0.15, 0.2) is 0 Å². The summed E-state index contributed by atoms with van der Waals surface area (Å²) in [5.41, 5.74) is 4.96. The van der Waals surface area contributed by atoms with Gasteiger partial charge in [-0.1, -0.05) is 32.1 Å². The van der Waals surface area contributed by atoms with Gasteiger partial charge >= 0.3 is 6.03 Å². The van der Waals surface area contributed by atoms with E-state index in [-0.39, 0.29) is 0 Å². The summed E-state index contributed by atoms with van der Waals surface area (Å²) in [5.74, 6) is 0.906. The minimum atomic E-state index is -0.399. The predicted octanol–water partition coefficient (Wildman–Crippen LogP) is 2.02. The summed E-state index contributed by atoms with van der Waals surface area (Å²) in [5, 5.41) is 2.62. The number of amides is 2. The van der Waals surface area contributed by atoms with Gasteiger partial charge in [-0.3, -0.25) is 0 Å². The normalized spacial score (nSPS) is 18.5. The molecule has 0 aromatic heterocycles. The lowest BCUT2D eigenvalue weighted by Gasteiger charge is -2.21. The van der Waals surface area contributed by atoms with Crippen LogP contribution in [0, 0.1) is 5.92 Å². The molecule has 76 valence electrons. The van der Waals surface area contributed by atoms with Crippen LogP contribution in [0.1, 0.15) is 44.9 Å². The lowest BCUT2D eigenvalue weighted by atomic mass is 9.86. The van der Waals surface area contributed by atoms with E-state index in [9.17, 15) is 4.79 Å². The zero-order valence-corrected chi connectivity index (χ0v) is 8.22. The van der Waals surface area contributed by atoms with Crippen molar-refractivity contribution in [3.8, 4) is 0 Å². The number of hydrogen-bond donors (Lipinski definition) is 2. The molecule has 1 rings (SSSR count). The third-order valence-corrected chi connectivity index (χ3v) is 2.81. The van der Waals surface area contributed by atoms with Crippen molar-refractivity contribution in [3.63, 3.8) is 0 Å². The van der Waals surface area contributed by atoms with Gasteiger partial charge in [0.1, 0.15) is 0 Å². The van der Waals surface area contributed by atoms with E-state index < -0.39 is 6.03 Å². The summed E-state index contributed by atoms with van der Waals surface area (Å²) in [4.78, 5) is 10.4. The molecule has 0 unspecified atom stereocenters. The molecule has 0 spiro atoms. The van der Waals surface area contributed by atoms with Gasteiger partial charge < -0.3 is 11.1 Å². The number of nitrogens with one attached hydrogen (secondary N) is 1. The maximum atomic E-state index is 10.4. The van der Waals surface area contributed by atoms with Crippen LogP contribution in [-0.4, -0.2) is 12.6 Å². The molecule has 3 nitrogen and oxygen atoms in total. The van der Waals surface area contributed by atoms with E-state index in [1.54, 1.807) is 0 Å². The standard InChI is InChI=1S/C10H20N2O/c11-10(13)12-8-4-7-9-5-2-1-3-6-9/h9H,1-8H2,(H3,11,12,13). The molecule has 0 radical (unpaired) electrons. The first kappa shape index (κ1) is 10.4. The topological polar surface area (TPSA) is 55.1 Å². The van der Waals surface area contributed by atoms with Crippen molar-refractivity contribution in [2.75, 3.05) is 6.54 Å². The van der Waals surface area contributed by atoms with Gasteiger partial charge in [0.2, 0.25) is 0 Å². The Bertz CT molecular complexity index is 153. The molecular formula is C10H20N2O. The second-order valence-corrected chi connectivity index (χ2v) is 3.94. The SMILES string of the molecule is NC(=O)NCCCC1CCCCC1. The van der Waals surface area contributed by atoms with Gasteiger partial charge in [-0.25, -0.2) is 4.79 Å². The van der Waals surface area contributed by atoms with Gasteiger partial charge in [-0.05, 0) is 18.8 Å². The van der Waals surface area contributed by atoms with Gasteiger partial charge in [-0.2, -0.15) is 0 Å². The number of urea groups is 1. The van der Waals surface area contributed by atoms with Gasteiger partial charge in [0.15, 0.2) is 0 Å². The highest BCUT2D eigenvalue weighted by Gasteiger charge is 2.12. The van der Waals surface area contributed by atoms with Crippen molar-refractivity contribution in [1.29, 1.82) is 0 Å². The maximum Gasteiger partial charge on any atom is 0.312 e. The Morgan fingerprint density at radius 1 is 1.31 bits per heavy atom. The molecule has 0 aromatic rings. The van der Waals surface area contributed by atoms with E-state index in [1.807, 2.05) is 0 Å². The smallest absolute Gasteiger partial charge is 0.312 e. The van der Waals surface area contributed by atoms with E-state index in [0.717, 1.165) is 18.9 Å². The Balaban J connectivity index is 1.95. The van der Waals surface area contributed by atoms with Crippen molar-refractivity contribution < 1.29 is 4.79 Å². The summed E-state index contributed by atoms with van der Waals surface area (Å²) < 4.78 is 0. The van der Waals surface area contributed by atoms with Crippen LogP contribution in [0.25, 0.3) is 0 Å². The molecule has 3 N–H and O–H groups in total. The van der Waals surface area contributed by atoms with Crippen molar-refractivity contribution >= 4 is 6.03 Å². The van der Waals surface area contributed by atoms with Crippen LogP contribution in [0.4, 0.5) is 4.79 Å². The molecule has 1 fully saturated rings. The van der Waals surface area contributed by atoms with Crippen molar-refractivity contribution in [3.05, 3.63) is 0 Å². The van der Waals surface area contributed by atoms with Crippen LogP contribution in [0.3, 0.4) is 0 Å². The molecule has 1 aliphatic rings. The minimum absolute atomic E-state index is 0.399. The first-order valence-electron chi connectivity index (χ1n) is 5.32. The molecule has 1 aliphatic carbocycles. The van der Waals surface area contributed by atoms with Gasteiger partial charge in [0.25, 0.3) is 0 Å². The zero-order valence-electron chi connectivity index (χ0n) is 8.22. The second-order valence-electron chi connectivity index (χ2n) is 3.94. The van der Waals surface area contributed by atoms with E-state index in [0.29, 0.717) is 0 Å². The van der Waals surface area contributed by atoms with Crippen molar-refractivity contribution in [2.24, 2.45) is 11.7 Å². The van der Waals surface area contributed by atoms with Crippen LogP contribution in [-0.2, 0) is 0 Å². The predicted molar refractivity (Wildman–Crippen MR) is 53.4 cm³/mol. The highest BCUT2D eigenvalue weighted by molar-refractivity contribution is 5.71. The molecule has 0 saturated heterocycles. The monoisotopic (exact) mass is 184 g/mol. The first-order chi connectivity index (χ1) is 6.29. The van der Waals surface area contributed by atoms with Crippen LogP contribution in [0.2, 0.25) is 0 Å². The fraction of sp³-hybridized carbons (Fsp3) is 0.900. The molecule has 13 heavy (non-hydrogen) atoms. The number of carbonyl (C=O) groups excluding carboxylic acids is 1. The molecule has 0 aliphatic heterocycles. The van der Waals surface area contributed by atoms with Gasteiger partial charge in [0.05, 0.1) is 0 Å². The Labute approximate surface area is 80.1 Å². The minimum Gasteiger partial charge on any atom is -0.352 e. The number of rotatable bonds is 4. The Hall–Kier alpha value is -0.730. The highest BCUT2D eigenvalue weighted by atomic mass is 16.2. The van der Waals surface area contributed by atoms with Crippen LogP contribution < -0.4 is 11.1 Å². The lowest BCUT2D eigenvalue weighted by molar-refractivity contribution is 0.248. The molecule has 3 heteroatoms. The Morgan fingerprint density at radius 3 is 2.62 bits per heavy atom. The Morgan fingerprint density at radius 2 is 2.00 bits per heavy atom. The van der Waals surface area contributed by atoms with E-state index in [1.165, 1.54) is 38.5 Å². The largest absolute Gasteiger partial charge is 0.352 e. The van der Waals surface area contributed by atoms with Crippen molar-refractivity contribution in [2.45, 2.75) is 44.9 Å². The number of primary amides is 1. The summed E-state index contributed by atoms with van der Waals surface area (Å²) in [6.45, 7) is 0.742. The molecular weight excluding hydrogens is 164 g/mol. The molecule has 2 amide bonds. The molecule has 0 atom stereocenters. The average molecular weight is 184 g/mol. The quantitative estimate of drug-likeness (QED) is 0.645. The Kier molecular flexibility index (Phi) is 4.65. The number of hydrogen-bond acceptors (Lipinski definition) is 1. The number of nitrogens with two attached hydrogens (primary N) is 1. The van der Waals surface area contributed by atoms with E-state index in [2.05, 4.69) is 5.32 Å². The first-order valence-corrected chi connectivity index (χ1v) is 5.32. The summed E-state index contributed by atoms with van der Waals surface area (Å²) in [7, 11) is 0. The van der Waals surface area contributed by atoms with Crippen LogP contribution >= 0.6 is 0 Å². The van der Waals surface area contributed by atoms with Gasteiger partial charge in [0, 0.05) is 6.54 Å². The zero-order chi connectivity index (χ0) is 9.52. The fourth-order valence-electron chi connectivity index (χ4n) is 2.08. The molecule has 0 bridgehead atoms. The third-order valence-electron chi connectivity index (χ3n) is 2.81. The van der Waals surface area contributed by atoms with E-state index in [4.69, 9.17) is 5.73 Å². The maximum absolute atomic E-state index is 10.4. The fourth-order valence-corrected chi connectivity index (χ4v) is 2.08. The molecule has 0 heterocycles. The average Bonchev–Trinajstić information content (AvgIpc) is 2.14. The molecule has 1 saturated carbocycles. The van der Waals surface area contributed by atoms with Crippen molar-refractivity contribution in [1.82, 2.24) is 5.32 Å².